The molecule has 0 saturated carbocycles. The van der Waals surface area contributed by atoms with Gasteiger partial charge in [0.1, 0.15) is 0 Å². The number of nitrogens with zero attached hydrogens (tertiary/aromatic N) is 3. The maximum atomic E-state index is 4.60. The van der Waals surface area contributed by atoms with Crippen LogP contribution in [0.2, 0.25) is 0 Å². The second-order valence-electron chi connectivity index (χ2n) is 4.83. The zero-order valence-corrected chi connectivity index (χ0v) is 13.5. The van der Waals surface area contributed by atoms with Crippen LogP contribution in [0.1, 0.15) is 11.1 Å². The molecule has 0 atom stereocenters. The molecule has 112 valence electrons. The lowest BCUT2D eigenvalue weighted by Crippen LogP contribution is -2.26. The van der Waals surface area contributed by atoms with Gasteiger partial charge in [-0.15, -0.1) is 0 Å². The first-order valence-electron chi connectivity index (χ1n) is 7.20. The molecule has 0 unspecified atom stereocenters. The first-order valence-corrected chi connectivity index (χ1v) is 8.54. The summed E-state index contributed by atoms with van der Waals surface area (Å²) in [6.45, 7) is 7.54. The van der Waals surface area contributed by atoms with Gasteiger partial charge in [-0.3, -0.25) is 15.0 Å². The van der Waals surface area contributed by atoms with Gasteiger partial charge in [-0.25, -0.2) is 0 Å². The average Bonchev–Trinajstić information content (AvgIpc) is 2.64. The Hall–Kier alpha value is -2.64. The van der Waals surface area contributed by atoms with E-state index in [1.807, 2.05) is 54.9 Å². The minimum absolute atomic E-state index is 0.883. The molecule has 3 aromatic heterocycles. The van der Waals surface area contributed by atoms with E-state index >= 15 is 0 Å². The van der Waals surface area contributed by atoms with Crippen molar-refractivity contribution >= 4 is 36.4 Å². The largest absolute Gasteiger partial charge is 0.256 e. The molecule has 0 aliphatic heterocycles. The van der Waals surface area contributed by atoms with E-state index in [1.165, 1.54) is 0 Å². The Balaban J connectivity index is 2.08. The number of pyridine rings is 3. The van der Waals surface area contributed by atoms with Gasteiger partial charge in [-0.1, -0.05) is 43.5 Å². The number of hydrogen-bond acceptors (Lipinski definition) is 3. The lowest BCUT2D eigenvalue weighted by molar-refractivity contribution is 1.34. The number of aromatic nitrogens is 3. The van der Waals surface area contributed by atoms with Crippen LogP contribution in [0.15, 0.2) is 74.2 Å². The molecular formula is C19H16N3P. The van der Waals surface area contributed by atoms with Gasteiger partial charge in [0, 0.05) is 26.5 Å². The number of rotatable bonds is 5. The molecule has 0 saturated heterocycles. The van der Waals surface area contributed by atoms with Gasteiger partial charge in [0.25, 0.3) is 0 Å². The summed E-state index contributed by atoms with van der Waals surface area (Å²) in [4.78, 5) is 13.7. The van der Waals surface area contributed by atoms with Crippen LogP contribution < -0.4 is 16.3 Å². The molecule has 0 aliphatic rings. The summed E-state index contributed by atoms with van der Waals surface area (Å²) in [5.74, 6) is 0. The first kappa shape index (κ1) is 15.3. The number of hydrogen-bond donors (Lipinski definition) is 0. The summed E-state index contributed by atoms with van der Waals surface area (Å²) in [5.41, 5.74) is 4.94. The first-order chi connectivity index (χ1) is 11.3. The van der Waals surface area contributed by atoms with Crippen molar-refractivity contribution in [3.05, 3.63) is 85.3 Å². The third-order valence-corrected chi connectivity index (χ3v) is 5.52. The molecular weight excluding hydrogens is 301 g/mol. The fourth-order valence-corrected chi connectivity index (χ4v) is 4.05. The van der Waals surface area contributed by atoms with Crippen LogP contribution in [0.5, 0.6) is 0 Å². The van der Waals surface area contributed by atoms with Crippen LogP contribution in [0.3, 0.4) is 0 Å². The Morgan fingerprint density at radius 3 is 1.65 bits per heavy atom. The molecule has 0 fully saturated rings. The molecule has 0 N–H and O–H groups in total. The van der Waals surface area contributed by atoms with Crippen LogP contribution in [0.25, 0.3) is 12.2 Å². The topological polar surface area (TPSA) is 38.7 Å². The highest BCUT2D eigenvalue weighted by atomic mass is 31.1. The van der Waals surface area contributed by atoms with Gasteiger partial charge in [0.15, 0.2) is 0 Å². The van der Waals surface area contributed by atoms with E-state index in [9.17, 15) is 0 Å². The van der Waals surface area contributed by atoms with Gasteiger partial charge >= 0.3 is 0 Å². The molecule has 0 aliphatic carbocycles. The van der Waals surface area contributed by atoms with Gasteiger partial charge in [-0.2, -0.15) is 0 Å². The van der Waals surface area contributed by atoms with Crippen molar-refractivity contribution in [2.24, 2.45) is 0 Å². The SMILES string of the molecule is C=Cc1ccc(P(c2ccccn2)c2ccc(C=C)cn2)nc1. The third-order valence-electron chi connectivity index (χ3n) is 3.35. The standard InChI is InChI=1S/C19H16N3P/c1-3-15-8-10-18(21-13-15)23(17-7-5-6-12-20-17)19-11-9-16(4-2)14-22-19/h3-14H,1-2H2. The van der Waals surface area contributed by atoms with Crippen LogP contribution in [0, 0.1) is 0 Å². The van der Waals surface area contributed by atoms with E-state index in [4.69, 9.17) is 0 Å². The maximum Gasteiger partial charge on any atom is 0.0753 e. The van der Waals surface area contributed by atoms with E-state index in [0.717, 1.165) is 27.4 Å². The molecule has 23 heavy (non-hydrogen) atoms. The molecule has 3 heterocycles. The predicted molar refractivity (Wildman–Crippen MR) is 98.7 cm³/mol. The quantitative estimate of drug-likeness (QED) is 0.679. The Labute approximate surface area is 137 Å². The Kier molecular flexibility index (Phi) is 4.70. The predicted octanol–water partition coefficient (Wildman–Crippen LogP) is 2.92. The average molecular weight is 317 g/mol. The zero-order chi connectivity index (χ0) is 16.1. The Morgan fingerprint density at radius 2 is 1.26 bits per heavy atom. The molecule has 0 aromatic carbocycles. The summed E-state index contributed by atoms with van der Waals surface area (Å²) < 4.78 is 0. The van der Waals surface area contributed by atoms with Crippen LogP contribution in [0.4, 0.5) is 0 Å². The highest BCUT2D eigenvalue weighted by molar-refractivity contribution is 7.79. The Morgan fingerprint density at radius 1 is 0.696 bits per heavy atom. The van der Waals surface area contributed by atoms with Crippen molar-refractivity contribution in [3.8, 4) is 0 Å². The molecule has 3 rings (SSSR count). The molecule has 0 amide bonds. The lowest BCUT2D eigenvalue weighted by atomic mass is 10.3. The van der Waals surface area contributed by atoms with Gasteiger partial charge in [-0.05, 0) is 35.4 Å². The second-order valence-corrected chi connectivity index (χ2v) is 6.88. The van der Waals surface area contributed by atoms with Crippen molar-refractivity contribution in [2.45, 2.75) is 0 Å². The van der Waals surface area contributed by atoms with Gasteiger partial charge < -0.3 is 0 Å². The van der Waals surface area contributed by atoms with Crippen molar-refractivity contribution in [1.82, 2.24) is 15.0 Å². The monoisotopic (exact) mass is 317 g/mol. The van der Waals surface area contributed by atoms with Gasteiger partial charge in [0.05, 0.1) is 16.3 Å². The van der Waals surface area contributed by atoms with E-state index in [2.05, 4.69) is 28.1 Å². The Bertz CT molecular complexity index is 745. The van der Waals surface area contributed by atoms with Crippen molar-refractivity contribution < 1.29 is 0 Å². The molecule has 3 aromatic rings. The minimum atomic E-state index is -0.883. The van der Waals surface area contributed by atoms with E-state index < -0.39 is 7.92 Å². The van der Waals surface area contributed by atoms with Gasteiger partial charge in [0.2, 0.25) is 0 Å². The van der Waals surface area contributed by atoms with Crippen molar-refractivity contribution in [1.29, 1.82) is 0 Å². The smallest absolute Gasteiger partial charge is 0.0753 e. The second kappa shape index (κ2) is 7.08. The highest BCUT2D eigenvalue weighted by Crippen LogP contribution is 2.29. The maximum absolute atomic E-state index is 4.60. The molecule has 3 nitrogen and oxygen atoms in total. The summed E-state index contributed by atoms with van der Waals surface area (Å²) >= 11 is 0. The van der Waals surface area contributed by atoms with Crippen molar-refractivity contribution in [3.63, 3.8) is 0 Å². The molecule has 0 radical (unpaired) electrons. The summed E-state index contributed by atoms with van der Waals surface area (Å²) in [5, 5.41) is 0. The zero-order valence-electron chi connectivity index (χ0n) is 12.6. The molecule has 4 heteroatoms. The van der Waals surface area contributed by atoms with Crippen LogP contribution in [-0.2, 0) is 0 Å². The van der Waals surface area contributed by atoms with E-state index in [1.54, 1.807) is 18.3 Å². The van der Waals surface area contributed by atoms with E-state index in [0.29, 0.717) is 0 Å². The summed E-state index contributed by atoms with van der Waals surface area (Å²) in [7, 11) is -0.883. The summed E-state index contributed by atoms with van der Waals surface area (Å²) in [6.07, 6.45) is 9.05. The van der Waals surface area contributed by atoms with Crippen molar-refractivity contribution in [2.75, 3.05) is 0 Å². The lowest BCUT2D eigenvalue weighted by Gasteiger charge is -2.16. The fraction of sp³-hybridized carbons (Fsp3) is 0. The summed E-state index contributed by atoms with van der Waals surface area (Å²) in [6, 6.07) is 14.0. The molecule has 0 spiro atoms. The van der Waals surface area contributed by atoms with Crippen LogP contribution in [-0.4, -0.2) is 15.0 Å². The minimum Gasteiger partial charge on any atom is -0.256 e. The fourth-order valence-electron chi connectivity index (χ4n) is 2.14. The highest BCUT2D eigenvalue weighted by Gasteiger charge is 2.20. The van der Waals surface area contributed by atoms with Crippen LogP contribution >= 0.6 is 7.92 Å². The van der Waals surface area contributed by atoms with E-state index in [-0.39, 0.29) is 0 Å². The normalized spacial score (nSPS) is 10.5. The molecule has 0 bridgehead atoms. The third kappa shape index (κ3) is 3.41.